The highest BCUT2D eigenvalue weighted by atomic mass is 35.5. The zero-order chi connectivity index (χ0) is 22.7. The quantitative estimate of drug-likeness (QED) is 0.386. The number of ether oxygens (including phenoxy) is 2. The minimum absolute atomic E-state index is 0.168. The molecule has 1 N–H and O–H groups in total. The maximum Gasteiger partial charge on any atom is 0.344 e. The molecule has 2 aromatic carbocycles. The Kier molecular flexibility index (Phi) is 6.71. The molecule has 0 aliphatic rings. The lowest BCUT2D eigenvalue weighted by molar-refractivity contribution is -0.144. The van der Waals surface area contributed by atoms with Crippen LogP contribution in [0.5, 0.6) is 5.75 Å². The molecule has 7 heteroatoms. The van der Waals surface area contributed by atoms with E-state index in [4.69, 9.17) is 26.2 Å². The van der Waals surface area contributed by atoms with E-state index in [1.54, 1.807) is 18.2 Å². The second kappa shape index (κ2) is 9.27. The summed E-state index contributed by atoms with van der Waals surface area (Å²) >= 11 is 6.32. The first kappa shape index (κ1) is 22.4. The number of rotatable bonds is 8. The summed E-state index contributed by atoms with van der Waals surface area (Å²) < 4.78 is 12.7. The highest BCUT2D eigenvalue weighted by Crippen LogP contribution is 2.30. The minimum Gasteiger partial charge on any atom is -0.479 e. The van der Waals surface area contributed by atoms with Crippen LogP contribution in [0.4, 0.5) is 0 Å². The summed E-state index contributed by atoms with van der Waals surface area (Å²) in [7, 11) is 0. The number of carboxylic acid groups (broad SMARTS) is 1. The first-order valence-corrected chi connectivity index (χ1v) is 10.2. The Morgan fingerprint density at radius 3 is 2.61 bits per heavy atom. The van der Waals surface area contributed by atoms with Gasteiger partial charge in [0.05, 0.1) is 10.6 Å². The van der Waals surface area contributed by atoms with Crippen molar-refractivity contribution in [3.05, 3.63) is 76.5 Å². The molecule has 0 aliphatic heterocycles. The summed E-state index contributed by atoms with van der Waals surface area (Å²) in [6, 6.07) is 10.8. The zero-order valence-electron chi connectivity index (χ0n) is 17.6. The van der Waals surface area contributed by atoms with E-state index < -0.39 is 12.1 Å². The van der Waals surface area contributed by atoms with E-state index in [0.29, 0.717) is 22.9 Å². The SMILES string of the molecule is C=CCOC(=O)c1ccc2c(c1)c(C)c(C)n2Cc1ccc(O[C@@H](C)C(=O)O)c(Cl)c1. The van der Waals surface area contributed by atoms with Crippen LogP contribution >= 0.6 is 11.6 Å². The summed E-state index contributed by atoms with van der Waals surface area (Å²) in [5, 5.41) is 10.3. The molecule has 1 heterocycles. The Morgan fingerprint density at radius 1 is 1.23 bits per heavy atom. The third-order valence-corrected chi connectivity index (χ3v) is 5.49. The van der Waals surface area contributed by atoms with Crippen molar-refractivity contribution in [2.24, 2.45) is 0 Å². The lowest BCUT2D eigenvalue weighted by Crippen LogP contribution is -2.23. The van der Waals surface area contributed by atoms with E-state index in [2.05, 4.69) is 11.1 Å². The average Bonchev–Trinajstić information content (AvgIpc) is 2.98. The molecule has 0 bridgehead atoms. The number of fused-ring (bicyclic) bond motifs is 1. The van der Waals surface area contributed by atoms with Crippen LogP contribution in [0.2, 0.25) is 5.02 Å². The van der Waals surface area contributed by atoms with Gasteiger partial charge in [-0.15, -0.1) is 0 Å². The van der Waals surface area contributed by atoms with Gasteiger partial charge in [0.1, 0.15) is 12.4 Å². The highest BCUT2D eigenvalue weighted by molar-refractivity contribution is 6.32. The number of carboxylic acids is 1. The number of halogens is 1. The van der Waals surface area contributed by atoms with Crippen LogP contribution in [0.1, 0.15) is 34.1 Å². The van der Waals surface area contributed by atoms with Crippen molar-refractivity contribution in [2.75, 3.05) is 6.61 Å². The maximum absolute atomic E-state index is 12.2. The largest absolute Gasteiger partial charge is 0.479 e. The Balaban J connectivity index is 1.90. The van der Waals surface area contributed by atoms with E-state index in [0.717, 1.165) is 27.7 Å². The molecule has 3 rings (SSSR count). The second-order valence-electron chi connectivity index (χ2n) is 7.28. The molecule has 6 nitrogen and oxygen atoms in total. The summed E-state index contributed by atoms with van der Waals surface area (Å²) in [6.07, 6.45) is 0.542. The zero-order valence-corrected chi connectivity index (χ0v) is 18.4. The van der Waals surface area contributed by atoms with Gasteiger partial charge in [0.25, 0.3) is 0 Å². The molecule has 0 saturated heterocycles. The first-order valence-electron chi connectivity index (χ1n) is 9.78. The van der Waals surface area contributed by atoms with Crippen molar-refractivity contribution in [1.82, 2.24) is 4.57 Å². The lowest BCUT2D eigenvalue weighted by atomic mass is 10.1. The number of carbonyl (C=O) groups is 2. The molecule has 0 spiro atoms. The van der Waals surface area contributed by atoms with Crippen LogP contribution in [0, 0.1) is 13.8 Å². The number of esters is 1. The third-order valence-electron chi connectivity index (χ3n) is 5.20. The molecule has 31 heavy (non-hydrogen) atoms. The monoisotopic (exact) mass is 441 g/mol. The molecule has 0 radical (unpaired) electrons. The summed E-state index contributed by atoms with van der Waals surface area (Å²) in [5.41, 5.74) is 4.57. The van der Waals surface area contributed by atoms with E-state index >= 15 is 0 Å². The van der Waals surface area contributed by atoms with Gasteiger partial charge in [0.2, 0.25) is 0 Å². The Bertz CT molecular complexity index is 1160. The first-order chi connectivity index (χ1) is 14.7. The topological polar surface area (TPSA) is 77.8 Å². The highest BCUT2D eigenvalue weighted by Gasteiger charge is 2.17. The van der Waals surface area contributed by atoms with Crippen LogP contribution in [0.15, 0.2) is 49.1 Å². The van der Waals surface area contributed by atoms with Gasteiger partial charge in [0, 0.05) is 23.1 Å². The van der Waals surface area contributed by atoms with Crippen molar-refractivity contribution in [3.8, 4) is 5.75 Å². The average molecular weight is 442 g/mol. The summed E-state index contributed by atoms with van der Waals surface area (Å²) in [5.74, 6) is -1.12. The van der Waals surface area contributed by atoms with Crippen LogP contribution in [-0.2, 0) is 16.1 Å². The van der Waals surface area contributed by atoms with Crippen molar-refractivity contribution < 1.29 is 24.2 Å². The van der Waals surface area contributed by atoms with E-state index in [9.17, 15) is 9.59 Å². The number of hydrogen-bond acceptors (Lipinski definition) is 4. The Hall–Kier alpha value is -3.25. The molecular weight excluding hydrogens is 418 g/mol. The van der Waals surface area contributed by atoms with Gasteiger partial charge < -0.3 is 19.1 Å². The van der Waals surface area contributed by atoms with Crippen molar-refractivity contribution >= 4 is 34.4 Å². The maximum atomic E-state index is 12.2. The number of nitrogens with zero attached hydrogens (tertiary/aromatic N) is 1. The predicted octanol–water partition coefficient (Wildman–Crippen LogP) is 5.15. The fourth-order valence-electron chi connectivity index (χ4n) is 3.36. The molecule has 0 amide bonds. The smallest absolute Gasteiger partial charge is 0.344 e. The normalized spacial score (nSPS) is 11.9. The van der Waals surface area contributed by atoms with E-state index in [-0.39, 0.29) is 12.6 Å². The molecule has 1 aromatic heterocycles. The predicted molar refractivity (Wildman–Crippen MR) is 120 cm³/mol. The molecule has 0 aliphatic carbocycles. The minimum atomic E-state index is -1.06. The van der Waals surface area contributed by atoms with Crippen molar-refractivity contribution in [3.63, 3.8) is 0 Å². The Morgan fingerprint density at radius 2 is 1.97 bits per heavy atom. The molecule has 3 aromatic rings. The standard InChI is InChI=1S/C24H24ClNO5/c1-5-10-30-24(29)18-7-8-21-19(12-18)14(2)15(3)26(21)13-17-6-9-22(20(25)11-17)31-16(4)23(27)28/h5-9,11-12,16H,1,10,13H2,2-4H3,(H,27,28)/t16-/m0/s1. The molecule has 162 valence electrons. The summed E-state index contributed by atoms with van der Waals surface area (Å²) in [4.78, 5) is 23.2. The summed E-state index contributed by atoms with van der Waals surface area (Å²) in [6.45, 7) is 9.78. The van der Waals surface area contributed by atoms with Gasteiger partial charge in [-0.2, -0.15) is 0 Å². The van der Waals surface area contributed by atoms with Gasteiger partial charge in [-0.05, 0) is 62.2 Å². The molecule has 0 unspecified atom stereocenters. The number of benzene rings is 2. The van der Waals surface area contributed by atoms with Gasteiger partial charge in [-0.3, -0.25) is 0 Å². The van der Waals surface area contributed by atoms with E-state index in [1.807, 2.05) is 32.0 Å². The number of hydrogen-bond donors (Lipinski definition) is 1. The van der Waals surface area contributed by atoms with Gasteiger partial charge in [-0.1, -0.05) is 30.3 Å². The fraction of sp³-hybridized carbons (Fsp3) is 0.250. The molecule has 0 fully saturated rings. The number of aryl methyl sites for hydroxylation is 1. The number of carbonyl (C=O) groups excluding carboxylic acids is 1. The van der Waals surface area contributed by atoms with E-state index in [1.165, 1.54) is 13.0 Å². The van der Waals surface area contributed by atoms with Gasteiger partial charge in [-0.25, -0.2) is 9.59 Å². The third kappa shape index (κ3) is 4.75. The number of aromatic nitrogens is 1. The molecule has 0 saturated carbocycles. The van der Waals surface area contributed by atoms with Crippen LogP contribution in [-0.4, -0.2) is 34.3 Å². The Labute approximate surface area is 185 Å². The van der Waals surface area contributed by atoms with Crippen molar-refractivity contribution in [1.29, 1.82) is 0 Å². The fourth-order valence-corrected chi connectivity index (χ4v) is 3.61. The van der Waals surface area contributed by atoms with Crippen molar-refractivity contribution in [2.45, 2.75) is 33.4 Å². The van der Waals surface area contributed by atoms with Crippen LogP contribution in [0.25, 0.3) is 10.9 Å². The van der Waals surface area contributed by atoms with Crippen LogP contribution < -0.4 is 4.74 Å². The second-order valence-corrected chi connectivity index (χ2v) is 7.69. The van der Waals surface area contributed by atoms with Gasteiger partial charge in [0.15, 0.2) is 6.10 Å². The molecular formula is C24H24ClNO5. The van der Waals surface area contributed by atoms with Crippen LogP contribution in [0.3, 0.4) is 0 Å². The van der Waals surface area contributed by atoms with Gasteiger partial charge >= 0.3 is 11.9 Å². The molecule has 1 atom stereocenters. The lowest BCUT2D eigenvalue weighted by Gasteiger charge is -2.14. The number of aliphatic carboxylic acids is 1.